The number of ether oxygens (including phenoxy) is 1. The fourth-order valence-corrected chi connectivity index (χ4v) is 2.61. The number of rotatable bonds is 3. The van der Waals surface area contributed by atoms with Gasteiger partial charge in [0.05, 0.1) is 0 Å². The molecule has 116 valence electrons. The highest BCUT2D eigenvalue weighted by atomic mass is 79.9. The van der Waals surface area contributed by atoms with E-state index in [1.807, 2.05) is 25.1 Å². The SMILES string of the molecule is CCc1ccc2oc(=O)c(C(=O)Oc3cccc(Br)c3)cc2c1. The van der Waals surface area contributed by atoms with Crippen LogP contribution in [0.25, 0.3) is 11.0 Å². The van der Waals surface area contributed by atoms with Crippen molar-refractivity contribution in [2.45, 2.75) is 13.3 Å². The minimum Gasteiger partial charge on any atom is -0.423 e. The van der Waals surface area contributed by atoms with Crippen LogP contribution < -0.4 is 10.4 Å². The van der Waals surface area contributed by atoms with Crippen LogP contribution in [0.4, 0.5) is 0 Å². The van der Waals surface area contributed by atoms with Crippen molar-refractivity contribution in [2.24, 2.45) is 0 Å². The van der Waals surface area contributed by atoms with E-state index < -0.39 is 11.6 Å². The lowest BCUT2D eigenvalue weighted by atomic mass is 10.1. The van der Waals surface area contributed by atoms with Crippen molar-refractivity contribution >= 4 is 32.9 Å². The predicted molar refractivity (Wildman–Crippen MR) is 91.0 cm³/mol. The lowest BCUT2D eigenvalue weighted by Crippen LogP contribution is -2.18. The van der Waals surface area contributed by atoms with E-state index >= 15 is 0 Å². The van der Waals surface area contributed by atoms with Gasteiger partial charge in [-0.2, -0.15) is 0 Å². The van der Waals surface area contributed by atoms with Crippen LogP contribution in [0.2, 0.25) is 0 Å². The summed E-state index contributed by atoms with van der Waals surface area (Å²) in [7, 11) is 0. The Balaban J connectivity index is 1.99. The summed E-state index contributed by atoms with van der Waals surface area (Å²) < 4.78 is 11.2. The van der Waals surface area contributed by atoms with Gasteiger partial charge in [-0.05, 0) is 48.4 Å². The molecular weight excluding hydrogens is 360 g/mol. The molecule has 4 nitrogen and oxygen atoms in total. The Bertz CT molecular complexity index is 943. The fraction of sp³-hybridized carbons (Fsp3) is 0.111. The fourth-order valence-electron chi connectivity index (χ4n) is 2.23. The maximum absolute atomic E-state index is 12.2. The summed E-state index contributed by atoms with van der Waals surface area (Å²) in [4.78, 5) is 24.3. The molecule has 0 saturated heterocycles. The molecule has 0 aliphatic carbocycles. The number of benzene rings is 2. The quantitative estimate of drug-likeness (QED) is 0.389. The number of halogens is 1. The first-order valence-electron chi connectivity index (χ1n) is 7.11. The normalized spacial score (nSPS) is 10.7. The molecule has 0 radical (unpaired) electrons. The zero-order valence-corrected chi connectivity index (χ0v) is 13.9. The number of carbonyl (C=O) groups is 1. The third-order valence-electron chi connectivity index (χ3n) is 3.43. The Labute approximate surface area is 140 Å². The van der Waals surface area contributed by atoms with Gasteiger partial charge in [0.2, 0.25) is 0 Å². The first kappa shape index (κ1) is 15.5. The van der Waals surface area contributed by atoms with Gasteiger partial charge in [0.1, 0.15) is 16.9 Å². The molecular formula is C18H13BrO4. The Hall–Kier alpha value is -2.40. The van der Waals surface area contributed by atoms with E-state index in [9.17, 15) is 9.59 Å². The van der Waals surface area contributed by atoms with Crippen LogP contribution in [0.5, 0.6) is 5.75 Å². The number of aryl methyl sites for hydroxylation is 1. The van der Waals surface area contributed by atoms with Crippen molar-refractivity contribution in [1.29, 1.82) is 0 Å². The minimum atomic E-state index is -0.736. The van der Waals surface area contributed by atoms with Crippen molar-refractivity contribution in [3.8, 4) is 5.75 Å². The van der Waals surface area contributed by atoms with Gasteiger partial charge >= 0.3 is 11.6 Å². The van der Waals surface area contributed by atoms with Crippen molar-refractivity contribution < 1.29 is 13.9 Å². The van der Waals surface area contributed by atoms with E-state index in [4.69, 9.17) is 9.15 Å². The van der Waals surface area contributed by atoms with Gasteiger partial charge in [-0.25, -0.2) is 9.59 Å². The van der Waals surface area contributed by atoms with Crippen LogP contribution in [0.1, 0.15) is 22.8 Å². The van der Waals surface area contributed by atoms with Gasteiger partial charge < -0.3 is 9.15 Å². The van der Waals surface area contributed by atoms with Crippen molar-refractivity contribution in [1.82, 2.24) is 0 Å². The van der Waals surface area contributed by atoms with E-state index in [2.05, 4.69) is 15.9 Å². The summed E-state index contributed by atoms with van der Waals surface area (Å²) in [6, 6.07) is 13.9. The second-order valence-electron chi connectivity index (χ2n) is 5.02. The first-order chi connectivity index (χ1) is 11.1. The number of fused-ring (bicyclic) bond motifs is 1. The van der Waals surface area contributed by atoms with E-state index in [-0.39, 0.29) is 5.56 Å². The second kappa shape index (κ2) is 6.38. The van der Waals surface area contributed by atoms with Crippen LogP contribution in [0.3, 0.4) is 0 Å². The van der Waals surface area contributed by atoms with Gasteiger partial charge in [0, 0.05) is 9.86 Å². The Morgan fingerprint density at radius 2 is 2.00 bits per heavy atom. The highest BCUT2D eigenvalue weighted by molar-refractivity contribution is 9.10. The highest BCUT2D eigenvalue weighted by Crippen LogP contribution is 2.20. The third-order valence-corrected chi connectivity index (χ3v) is 3.92. The average Bonchev–Trinajstić information content (AvgIpc) is 2.53. The van der Waals surface area contributed by atoms with Gasteiger partial charge in [0.25, 0.3) is 0 Å². The molecule has 3 rings (SSSR count). The van der Waals surface area contributed by atoms with Gasteiger partial charge in [-0.3, -0.25) is 0 Å². The predicted octanol–water partition coefficient (Wildman–Crippen LogP) is 4.34. The lowest BCUT2D eigenvalue weighted by molar-refractivity contribution is 0.0730. The smallest absolute Gasteiger partial charge is 0.351 e. The molecule has 0 spiro atoms. The summed E-state index contributed by atoms with van der Waals surface area (Å²) >= 11 is 3.30. The summed E-state index contributed by atoms with van der Waals surface area (Å²) in [6.07, 6.45) is 0.854. The number of hydrogen-bond donors (Lipinski definition) is 0. The van der Waals surface area contributed by atoms with Crippen molar-refractivity contribution in [3.05, 3.63) is 74.6 Å². The molecule has 1 heterocycles. The summed E-state index contributed by atoms with van der Waals surface area (Å²) in [6.45, 7) is 2.03. The Kier molecular flexibility index (Phi) is 4.30. The van der Waals surface area contributed by atoms with Gasteiger partial charge in [-0.15, -0.1) is 0 Å². The first-order valence-corrected chi connectivity index (χ1v) is 7.90. The van der Waals surface area contributed by atoms with E-state index in [0.717, 1.165) is 16.5 Å². The lowest BCUT2D eigenvalue weighted by Gasteiger charge is -2.05. The molecule has 2 aromatic carbocycles. The molecule has 0 saturated carbocycles. The van der Waals surface area contributed by atoms with E-state index in [0.29, 0.717) is 16.7 Å². The molecule has 23 heavy (non-hydrogen) atoms. The molecule has 0 fully saturated rings. The monoisotopic (exact) mass is 372 g/mol. The highest BCUT2D eigenvalue weighted by Gasteiger charge is 2.16. The molecule has 1 aromatic heterocycles. The van der Waals surface area contributed by atoms with Gasteiger partial charge in [0.15, 0.2) is 0 Å². The van der Waals surface area contributed by atoms with Crippen molar-refractivity contribution in [2.75, 3.05) is 0 Å². The van der Waals surface area contributed by atoms with Crippen molar-refractivity contribution in [3.63, 3.8) is 0 Å². The van der Waals surface area contributed by atoms with Gasteiger partial charge in [-0.1, -0.05) is 35.0 Å². The molecule has 5 heteroatoms. The number of esters is 1. The Morgan fingerprint density at radius 1 is 1.17 bits per heavy atom. The van der Waals surface area contributed by atoms with Crippen LogP contribution in [0, 0.1) is 0 Å². The average molecular weight is 373 g/mol. The van der Waals surface area contributed by atoms with E-state index in [1.54, 1.807) is 24.3 Å². The molecule has 0 N–H and O–H groups in total. The maximum Gasteiger partial charge on any atom is 0.351 e. The summed E-state index contributed by atoms with van der Waals surface area (Å²) in [5, 5.41) is 0.699. The van der Waals surface area contributed by atoms with E-state index in [1.165, 1.54) is 6.07 Å². The summed E-state index contributed by atoms with van der Waals surface area (Å²) in [5.41, 5.74) is 0.719. The minimum absolute atomic E-state index is 0.120. The molecule has 0 aliphatic heterocycles. The molecule has 3 aromatic rings. The zero-order chi connectivity index (χ0) is 16.4. The summed E-state index contributed by atoms with van der Waals surface area (Å²) in [5.74, 6) is -0.383. The molecule has 0 unspecified atom stereocenters. The second-order valence-corrected chi connectivity index (χ2v) is 5.94. The number of carbonyl (C=O) groups excluding carboxylic acids is 1. The maximum atomic E-state index is 12.2. The zero-order valence-electron chi connectivity index (χ0n) is 12.3. The molecule has 0 amide bonds. The largest absolute Gasteiger partial charge is 0.423 e. The third kappa shape index (κ3) is 3.35. The van der Waals surface area contributed by atoms with Crippen LogP contribution >= 0.6 is 15.9 Å². The standard InChI is InChI=1S/C18H13BrO4/c1-2-11-6-7-16-12(8-11)9-15(18(21)23-16)17(20)22-14-5-3-4-13(19)10-14/h3-10H,2H2,1H3. The molecule has 0 atom stereocenters. The van der Waals surface area contributed by atoms with Crippen LogP contribution in [0.15, 0.2) is 62.2 Å². The Morgan fingerprint density at radius 3 is 2.74 bits per heavy atom. The van der Waals surface area contributed by atoms with Crippen LogP contribution in [-0.4, -0.2) is 5.97 Å². The van der Waals surface area contributed by atoms with Crippen LogP contribution in [-0.2, 0) is 6.42 Å². The number of hydrogen-bond acceptors (Lipinski definition) is 4. The topological polar surface area (TPSA) is 56.5 Å². The molecule has 0 aliphatic rings. The molecule has 0 bridgehead atoms.